The third-order valence-electron chi connectivity index (χ3n) is 2.92. The standard InChI is InChI=1S/C13H18N4O2S/c1-3-9-17(12-6-4-5-11(14)10-12)20(18,19)13-7-8-15-16(13)2/h4-8,10H,3,9,14H2,1-2H3. The zero-order valence-electron chi connectivity index (χ0n) is 11.5. The van der Waals surface area contributed by atoms with Crippen molar-refractivity contribution in [2.24, 2.45) is 7.05 Å². The number of nitrogens with two attached hydrogens (primary N) is 1. The van der Waals surface area contributed by atoms with Gasteiger partial charge in [0.15, 0.2) is 5.03 Å². The fourth-order valence-electron chi connectivity index (χ4n) is 2.00. The summed E-state index contributed by atoms with van der Waals surface area (Å²) in [6.45, 7) is 2.31. The number of rotatable bonds is 5. The van der Waals surface area contributed by atoms with Gasteiger partial charge in [-0.05, 0) is 30.7 Å². The number of benzene rings is 1. The molecule has 0 unspecified atom stereocenters. The van der Waals surface area contributed by atoms with E-state index >= 15 is 0 Å². The molecule has 2 aromatic rings. The van der Waals surface area contributed by atoms with Gasteiger partial charge >= 0.3 is 0 Å². The Hall–Kier alpha value is -2.02. The van der Waals surface area contributed by atoms with Crippen molar-refractivity contribution in [2.75, 3.05) is 16.6 Å². The molecule has 0 atom stereocenters. The number of aryl methyl sites for hydroxylation is 1. The van der Waals surface area contributed by atoms with Gasteiger partial charge in [-0.3, -0.25) is 8.99 Å². The van der Waals surface area contributed by atoms with E-state index in [4.69, 9.17) is 5.73 Å². The molecule has 1 aromatic heterocycles. The Kier molecular flexibility index (Phi) is 3.99. The van der Waals surface area contributed by atoms with Gasteiger partial charge in [0.1, 0.15) is 0 Å². The second-order valence-electron chi connectivity index (χ2n) is 4.47. The van der Waals surface area contributed by atoms with Crippen LogP contribution >= 0.6 is 0 Å². The molecule has 0 saturated carbocycles. The van der Waals surface area contributed by atoms with Gasteiger partial charge < -0.3 is 5.73 Å². The van der Waals surface area contributed by atoms with Gasteiger partial charge in [-0.15, -0.1) is 0 Å². The molecular weight excluding hydrogens is 276 g/mol. The van der Waals surface area contributed by atoms with Crippen LogP contribution in [-0.4, -0.2) is 24.7 Å². The Balaban J connectivity index is 2.51. The van der Waals surface area contributed by atoms with Crippen molar-refractivity contribution in [3.8, 4) is 0 Å². The monoisotopic (exact) mass is 294 g/mol. The molecule has 0 spiro atoms. The summed E-state index contributed by atoms with van der Waals surface area (Å²) in [5, 5.41) is 4.08. The van der Waals surface area contributed by atoms with Gasteiger partial charge in [-0.1, -0.05) is 13.0 Å². The summed E-state index contributed by atoms with van der Waals surface area (Å²) < 4.78 is 28.2. The molecule has 0 aliphatic rings. The molecule has 0 amide bonds. The van der Waals surface area contributed by atoms with E-state index in [1.165, 1.54) is 21.3 Å². The highest BCUT2D eigenvalue weighted by atomic mass is 32.2. The SMILES string of the molecule is CCCN(c1cccc(N)c1)S(=O)(=O)c1ccnn1C. The largest absolute Gasteiger partial charge is 0.399 e. The molecule has 1 heterocycles. The summed E-state index contributed by atoms with van der Waals surface area (Å²) in [5.74, 6) is 0. The van der Waals surface area contributed by atoms with Crippen molar-refractivity contribution in [1.82, 2.24) is 9.78 Å². The second-order valence-corrected chi connectivity index (χ2v) is 6.27. The molecule has 0 fully saturated rings. The Morgan fingerprint density at radius 2 is 2.10 bits per heavy atom. The van der Waals surface area contributed by atoms with Crippen LogP contribution in [0, 0.1) is 0 Å². The molecule has 0 radical (unpaired) electrons. The van der Waals surface area contributed by atoms with Crippen LogP contribution in [0.15, 0.2) is 41.6 Å². The lowest BCUT2D eigenvalue weighted by Gasteiger charge is -2.24. The van der Waals surface area contributed by atoms with Gasteiger partial charge in [0, 0.05) is 19.3 Å². The summed E-state index contributed by atoms with van der Waals surface area (Å²) in [7, 11) is -2.03. The number of hydrogen-bond donors (Lipinski definition) is 1. The van der Waals surface area contributed by atoms with Gasteiger partial charge in [0.25, 0.3) is 10.0 Å². The van der Waals surface area contributed by atoms with Crippen LogP contribution in [-0.2, 0) is 17.1 Å². The van der Waals surface area contributed by atoms with Crippen LogP contribution in [0.25, 0.3) is 0 Å². The predicted molar refractivity (Wildman–Crippen MR) is 78.9 cm³/mol. The van der Waals surface area contributed by atoms with Gasteiger partial charge in [0.2, 0.25) is 0 Å². The van der Waals surface area contributed by atoms with E-state index in [1.54, 1.807) is 31.3 Å². The molecule has 0 saturated heterocycles. The van der Waals surface area contributed by atoms with Crippen molar-refractivity contribution < 1.29 is 8.42 Å². The van der Waals surface area contributed by atoms with E-state index in [-0.39, 0.29) is 5.03 Å². The van der Waals surface area contributed by atoms with Crippen LogP contribution in [0.1, 0.15) is 13.3 Å². The van der Waals surface area contributed by atoms with Crippen molar-refractivity contribution >= 4 is 21.4 Å². The summed E-state index contributed by atoms with van der Waals surface area (Å²) in [6, 6.07) is 8.35. The summed E-state index contributed by atoms with van der Waals surface area (Å²) in [5.41, 5.74) is 6.84. The third kappa shape index (κ3) is 2.62. The molecule has 0 aliphatic heterocycles. The molecule has 1 aromatic carbocycles. The second kappa shape index (κ2) is 5.54. The maximum absolute atomic E-state index is 12.7. The topological polar surface area (TPSA) is 81.2 Å². The number of anilines is 2. The summed E-state index contributed by atoms with van der Waals surface area (Å²) >= 11 is 0. The number of sulfonamides is 1. The van der Waals surface area contributed by atoms with E-state index in [0.717, 1.165) is 0 Å². The van der Waals surface area contributed by atoms with Gasteiger partial charge in [-0.2, -0.15) is 13.5 Å². The van der Waals surface area contributed by atoms with Crippen LogP contribution < -0.4 is 10.0 Å². The van der Waals surface area contributed by atoms with Gasteiger partial charge in [0.05, 0.1) is 11.9 Å². The number of aromatic nitrogens is 2. The molecule has 108 valence electrons. The van der Waals surface area contributed by atoms with Gasteiger partial charge in [-0.25, -0.2) is 0 Å². The van der Waals surface area contributed by atoms with E-state index in [2.05, 4.69) is 5.10 Å². The van der Waals surface area contributed by atoms with Crippen molar-refractivity contribution in [3.63, 3.8) is 0 Å². The van der Waals surface area contributed by atoms with Crippen LogP contribution in [0.4, 0.5) is 11.4 Å². The minimum Gasteiger partial charge on any atom is -0.399 e. The number of nitrogens with zero attached hydrogens (tertiary/aromatic N) is 3. The van der Waals surface area contributed by atoms with Crippen LogP contribution in [0.5, 0.6) is 0 Å². The van der Waals surface area contributed by atoms with E-state index in [9.17, 15) is 8.42 Å². The smallest absolute Gasteiger partial charge is 0.281 e. The lowest BCUT2D eigenvalue weighted by Crippen LogP contribution is -2.33. The first-order chi connectivity index (χ1) is 9.46. The highest BCUT2D eigenvalue weighted by Crippen LogP contribution is 2.25. The van der Waals surface area contributed by atoms with E-state index in [0.29, 0.717) is 24.3 Å². The average Bonchev–Trinajstić information content (AvgIpc) is 2.82. The summed E-state index contributed by atoms with van der Waals surface area (Å²) in [4.78, 5) is 0. The fourth-order valence-corrected chi connectivity index (χ4v) is 3.65. The summed E-state index contributed by atoms with van der Waals surface area (Å²) in [6.07, 6.45) is 2.17. The Morgan fingerprint density at radius 1 is 1.35 bits per heavy atom. The molecule has 20 heavy (non-hydrogen) atoms. The first-order valence-electron chi connectivity index (χ1n) is 6.33. The number of hydrogen-bond acceptors (Lipinski definition) is 4. The predicted octanol–water partition coefficient (Wildman–Crippen LogP) is 1.61. The average molecular weight is 294 g/mol. The Morgan fingerprint density at radius 3 is 2.65 bits per heavy atom. The molecule has 2 N–H and O–H groups in total. The van der Waals surface area contributed by atoms with E-state index in [1.807, 2.05) is 6.92 Å². The number of nitrogen functional groups attached to an aromatic ring is 1. The normalized spacial score (nSPS) is 11.5. The minimum absolute atomic E-state index is 0.161. The highest BCUT2D eigenvalue weighted by Gasteiger charge is 2.27. The first-order valence-corrected chi connectivity index (χ1v) is 7.77. The third-order valence-corrected chi connectivity index (χ3v) is 4.82. The first kappa shape index (κ1) is 14.4. The van der Waals surface area contributed by atoms with E-state index < -0.39 is 10.0 Å². The molecular formula is C13H18N4O2S. The maximum Gasteiger partial charge on any atom is 0.281 e. The molecule has 6 nitrogen and oxygen atoms in total. The molecule has 7 heteroatoms. The minimum atomic E-state index is -3.64. The van der Waals surface area contributed by atoms with Crippen LogP contribution in [0.3, 0.4) is 0 Å². The maximum atomic E-state index is 12.7. The fraction of sp³-hybridized carbons (Fsp3) is 0.308. The quantitative estimate of drug-likeness (QED) is 0.849. The highest BCUT2D eigenvalue weighted by molar-refractivity contribution is 7.92. The molecule has 0 bridgehead atoms. The zero-order chi connectivity index (χ0) is 14.8. The molecule has 2 rings (SSSR count). The molecule has 0 aliphatic carbocycles. The lowest BCUT2D eigenvalue weighted by molar-refractivity contribution is 0.571. The van der Waals surface area contributed by atoms with Crippen molar-refractivity contribution in [1.29, 1.82) is 0 Å². The van der Waals surface area contributed by atoms with Crippen molar-refractivity contribution in [3.05, 3.63) is 36.5 Å². The Labute approximate surface area is 118 Å². The zero-order valence-corrected chi connectivity index (χ0v) is 12.3. The Bertz CT molecular complexity index is 694. The van der Waals surface area contributed by atoms with Crippen LogP contribution in [0.2, 0.25) is 0 Å². The van der Waals surface area contributed by atoms with Crippen molar-refractivity contribution in [2.45, 2.75) is 18.4 Å². The lowest BCUT2D eigenvalue weighted by atomic mass is 10.3.